The molecule has 1 amide bonds. The predicted molar refractivity (Wildman–Crippen MR) is 97.3 cm³/mol. The fourth-order valence-electron chi connectivity index (χ4n) is 2.27. The van der Waals surface area contributed by atoms with Gasteiger partial charge in [0.2, 0.25) is 0 Å². The summed E-state index contributed by atoms with van der Waals surface area (Å²) in [5.41, 5.74) is 0.841. The van der Waals surface area contributed by atoms with E-state index in [1.165, 1.54) is 42.7 Å². The Labute approximate surface area is 157 Å². The van der Waals surface area contributed by atoms with Crippen molar-refractivity contribution in [3.05, 3.63) is 69.8 Å². The van der Waals surface area contributed by atoms with Gasteiger partial charge in [-0.05, 0) is 48.5 Å². The Morgan fingerprint density at radius 2 is 2.07 bits per heavy atom. The fourth-order valence-corrected chi connectivity index (χ4v) is 3.12. The van der Waals surface area contributed by atoms with Crippen molar-refractivity contribution in [1.82, 2.24) is 14.8 Å². The number of amides is 1. The average molecular weight is 387 g/mol. The van der Waals surface area contributed by atoms with E-state index >= 15 is 0 Å². The first-order chi connectivity index (χ1) is 12.8. The van der Waals surface area contributed by atoms with Gasteiger partial charge in [0, 0.05) is 24.4 Å². The molecule has 0 saturated carbocycles. The molecule has 3 aromatic rings. The number of nitrogens with one attached hydrogen (secondary N) is 1. The van der Waals surface area contributed by atoms with Crippen molar-refractivity contribution in [3.63, 3.8) is 0 Å². The molecule has 0 radical (unpaired) electrons. The van der Waals surface area contributed by atoms with Gasteiger partial charge in [0.15, 0.2) is 5.16 Å². The maximum absolute atomic E-state index is 13.4. The van der Waals surface area contributed by atoms with Crippen LogP contribution in [0.15, 0.2) is 52.8 Å². The molecule has 0 spiro atoms. The lowest BCUT2D eigenvalue weighted by Crippen LogP contribution is -2.13. The van der Waals surface area contributed by atoms with E-state index in [4.69, 9.17) is 0 Å². The van der Waals surface area contributed by atoms with Gasteiger partial charge in [0.05, 0.1) is 9.82 Å². The minimum Gasteiger partial charge on any atom is -0.322 e. The van der Waals surface area contributed by atoms with E-state index in [1.54, 1.807) is 18.5 Å². The first-order valence-corrected chi connectivity index (χ1v) is 8.54. The lowest BCUT2D eigenvalue weighted by molar-refractivity contribution is -0.387. The molecule has 0 fully saturated rings. The minimum absolute atomic E-state index is 0.0904. The highest BCUT2D eigenvalue weighted by molar-refractivity contribution is 7.99. The second kappa shape index (κ2) is 7.54. The molecule has 1 heterocycles. The number of aromatic nitrogens is 3. The Balaban J connectivity index is 1.89. The first kappa shape index (κ1) is 18.5. The van der Waals surface area contributed by atoms with Gasteiger partial charge in [-0.3, -0.25) is 14.9 Å². The summed E-state index contributed by atoms with van der Waals surface area (Å²) in [4.78, 5) is 23.6. The van der Waals surface area contributed by atoms with Crippen molar-refractivity contribution in [2.75, 3.05) is 5.32 Å². The van der Waals surface area contributed by atoms with E-state index in [9.17, 15) is 19.3 Å². The SMILES string of the molecule is Cc1ccc(F)cc1NC(=O)c1ccc(Sc2nncn2C)c([N+](=O)[O-])c1. The molecule has 0 aliphatic carbocycles. The maximum Gasteiger partial charge on any atom is 0.284 e. The number of carbonyl (C=O) groups excluding carboxylic acids is 1. The van der Waals surface area contributed by atoms with Gasteiger partial charge in [0.25, 0.3) is 11.6 Å². The summed E-state index contributed by atoms with van der Waals surface area (Å²) >= 11 is 1.07. The van der Waals surface area contributed by atoms with Crippen LogP contribution < -0.4 is 5.32 Å². The second-order valence-electron chi connectivity index (χ2n) is 5.68. The van der Waals surface area contributed by atoms with Gasteiger partial charge in [-0.1, -0.05) is 6.07 Å². The third kappa shape index (κ3) is 4.11. The molecule has 0 saturated heterocycles. The minimum atomic E-state index is -0.568. The van der Waals surface area contributed by atoms with Crippen molar-refractivity contribution < 1.29 is 14.1 Å². The molecule has 8 nitrogen and oxygen atoms in total. The number of anilines is 1. The lowest BCUT2D eigenvalue weighted by Gasteiger charge is -2.09. The lowest BCUT2D eigenvalue weighted by atomic mass is 10.1. The van der Waals surface area contributed by atoms with E-state index in [0.29, 0.717) is 21.3 Å². The van der Waals surface area contributed by atoms with Crippen LogP contribution in [0.4, 0.5) is 15.8 Å². The monoisotopic (exact) mass is 387 g/mol. The van der Waals surface area contributed by atoms with Crippen molar-refractivity contribution in [1.29, 1.82) is 0 Å². The van der Waals surface area contributed by atoms with Gasteiger partial charge >= 0.3 is 0 Å². The first-order valence-electron chi connectivity index (χ1n) is 7.73. The average Bonchev–Trinajstić information content (AvgIpc) is 3.03. The molecule has 0 aliphatic rings. The zero-order valence-electron chi connectivity index (χ0n) is 14.3. The van der Waals surface area contributed by atoms with Crippen molar-refractivity contribution >= 4 is 29.0 Å². The number of hydrogen-bond donors (Lipinski definition) is 1. The Hall–Kier alpha value is -3.27. The summed E-state index contributed by atoms with van der Waals surface area (Å²) in [7, 11) is 1.72. The van der Waals surface area contributed by atoms with Crippen LogP contribution in [0, 0.1) is 22.9 Å². The van der Waals surface area contributed by atoms with Crippen LogP contribution in [-0.2, 0) is 7.05 Å². The molecule has 1 aromatic heterocycles. The highest BCUT2D eigenvalue weighted by Gasteiger charge is 2.20. The standard InChI is InChI=1S/C17H14FN5O3S/c1-10-3-5-12(18)8-13(10)20-16(24)11-4-6-15(14(7-11)23(25)26)27-17-21-19-9-22(17)2/h3-9H,1-2H3,(H,20,24). The van der Waals surface area contributed by atoms with Crippen LogP contribution in [0.25, 0.3) is 0 Å². The number of benzene rings is 2. The van der Waals surface area contributed by atoms with Gasteiger partial charge in [-0.25, -0.2) is 4.39 Å². The van der Waals surface area contributed by atoms with E-state index in [2.05, 4.69) is 15.5 Å². The second-order valence-corrected chi connectivity index (χ2v) is 6.69. The van der Waals surface area contributed by atoms with Crippen molar-refractivity contribution in [2.24, 2.45) is 7.05 Å². The van der Waals surface area contributed by atoms with E-state index in [-0.39, 0.29) is 11.3 Å². The molecule has 3 rings (SSSR count). The third-order valence-electron chi connectivity index (χ3n) is 3.74. The van der Waals surface area contributed by atoms with Crippen LogP contribution >= 0.6 is 11.8 Å². The number of hydrogen-bond acceptors (Lipinski definition) is 6. The molecular formula is C17H14FN5O3S. The summed E-state index contributed by atoms with van der Waals surface area (Å²) in [6.07, 6.45) is 1.48. The summed E-state index contributed by atoms with van der Waals surface area (Å²) in [5, 5.41) is 22.1. The van der Waals surface area contributed by atoms with E-state index < -0.39 is 16.6 Å². The number of aryl methyl sites for hydroxylation is 2. The molecule has 138 valence electrons. The Morgan fingerprint density at radius 3 is 2.74 bits per heavy atom. The molecule has 0 bridgehead atoms. The van der Waals surface area contributed by atoms with Crippen molar-refractivity contribution in [2.45, 2.75) is 17.0 Å². The Morgan fingerprint density at radius 1 is 1.30 bits per heavy atom. The van der Waals surface area contributed by atoms with Crippen LogP contribution in [0.5, 0.6) is 0 Å². The highest BCUT2D eigenvalue weighted by atomic mass is 32.2. The van der Waals surface area contributed by atoms with Crippen molar-refractivity contribution in [3.8, 4) is 0 Å². The highest BCUT2D eigenvalue weighted by Crippen LogP contribution is 2.34. The van der Waals surface area contributed by atoms with Crippen LogP contribution in [0.1, 0.15) is 15.9 Å². The summed E-state index contributed by atoms with van der Waals surface area (Å²) in [5.74, 6) is -1.06. The largest absolute Gasteiger partial charge is 0.322 e. The molecule has 10 heteroatoms. The smallest absolute Gasteiger partial charge is 0.284 e. The number of carbonyl (C=O) groups is 1. The van der Waals surface area contributed by atoms with Gasteiger partial charge in [0.1, 0.15) is 12.1 Å². The number of halogens is 1. The number of nitro groups is 1. The zero-order valence-corrected chi connectivity index (χ0v) is 15.2. The fraction of sp³-hybridized carbons (Fsp3) is 0.118. The summed E-state index contributed by atoms with van der Waals surface area (Å²) < 4.78 is 15.0. The zero-order chi connectivity index (χ0) is 19.6. The van der Waals surface area contributed by atoms with Gasteiger partial charge in [-0.15, -0.1) is 10.2 Å². The summed E-state index contributed by atoms with van der Waals surface area (Å²) in [6.45, 7) is 1.72. The molecule has 0 unspecified atom stereocenters. The van der Waals surface area contributed by atoms with Crippen LogP contribution in [0.2, 0.25) is 0 Å². The normalized spacial score (nSPS) is 10.6. The Kier molecular flexibility index (Phi) is 5.17. The third-order valence-corrected chi connectivity index (χ3v) is 4.85. The van der Waals surface area contributed by atoms with Crippen LogP contribution in [0.3, 0.4) is 0 Å². The van der Waals surface area contributed by atoms with E-state index in [0.717, 1.165) is 11.8 Å². The van der Waals surface area contributed by atoms with Crippen LogP contribution in [-0.4, -0.2) is 25.6 Å². The molecule has 0 atom stereocenters. The quantitative estimate of drug-likeness (QED) is 0.530. The molecule has 2 aromatic carbocycles. The predicted octanol–water partition coefficient (Wildman–Crippen LogP) is 3.57. The maximum atomic E-state index is 13.4. The van der Waals surface area contributed by atoms with Gasteiger partial charge in [-0.2, -0.15) is 0 Å². The number of nitrogens with zero attached hydrogens (tertiary/aromatic N) is 4. The Bertz CT molecular complexity index is 1040. The number of rotatable bonds is 5. The topological polar surface area (TPSA) is 103 Å². The molecule has 1 N–H and O–H groups in total. The van der Waals surface area contributed by atoms with Gasteiger partial charge < -0.3 is 9.88 Å². The summed E-state index contributed by atoms with van der Waals surface area (Å²) in [6, 6.07) is 8.14. The number of nitro benzene ring substituents is 1. The molecule has 0 aliphatic heterocycles. The molecular weight excluding hydrogens is 373 g/mol. The molecule has 27 heavy (non-hydrogen) atoms. The van der Waals surface area contributed by atoms with E-state index in [1.807, 2.05) is 0 Å².